The van der Waals surface area contributed by atoms with E-state index in [4.69, 9.17) is 0 Å². The van der Waals surface area contributed by atoms with Crippen molar-refractivity contribution in [3.8, 4) is 17.4 Å². The van der Waals surface area contributed by atoms with Gasteiger partial charge < -0.3 is 4.18 Å². The van der Waals surface area contributed by atoms with Gasteiger partial charge in [0.2, 0.25) is 5.88 Å². The van der Waals surface area contributed by atoms with Gasteiger partial charge in [-0.25, -0.2) is 4.98 Å². The SMILES string of the molecule is Cc1ccnc(-c2nc(OS(=O)(=O)C(F)(F)F)c3c(C)c(C)sc3n2)c1. The Morgan fingerprint density at radius 2 is 1.85 bits per heavy atom. The van der Waals surface area contributed by atoms with Crippen LogP contribution in [0.25, 0.3) is 21.7 Å². The number of hydrogen-bond donors (Lipinski definition) is 0. The third-order valence-electron chi connectivity index (χ3n) is 3.61. The Balaban J connectivity index is 2.26. The fourth-order valence-electron chi connectivity index (χ4n) is 2.20. The number of nitrogens with zero attached hydrogens (tertiary/aromatic N) is 3. The van der Waals surface area contributed by atoms with Crippen LogP contribution in [-0.2, 0) is 10.1 Å². The first-order valence-corrected chi connectivity index (χ1v) is 9.43. The lowest BCUT2D eigenvalue weighted by Gasteiger charge is -2.11. The van der Waals surface area contributed by atoms with E-state index in [0.29, 0.717) is 16.1 Å². The van der Waals surface area contributed by atoms with Crippen molar-refractivity contribution >= 4 is 31.7 Å². The topological polar surface area (TPSA) is 82.0 Å². The summed E-state index contributed by atoms with van der Waals surface area (Å²) in [5.41, 5.74) is -3.88. The van der Waals surface area contributed by atoms with E-state index in [1.807, 2.05) is 0 Å². The second kappa shape index (κ2) is 6.16. The number of aromatic nitrogens is 3. The molecule has 0 aliphatic carbocycles. The van der Waals surface area contributed by atoms with E-state index in [2.05, 4.69) is 19.1 Å². The molecule has 3 rings (SSSR count). The molecule has 138 valence electrons. The van der Waals surface area contributed by atoms with Gasteiger partial charge in [-0.1, -0.05) is 0 Å². The summed E-state index contributed by atoms with van der Waals surface area (Å²) in [5, 5.41) is 0.136. The molecule has 0 N–H and O–H groups in total. The van der Waals surface area contributed by atoms with Crippen molar-refractivity contribution in [2.45, 2.75) is 26.3 Å². The van der Waals surface area contributed by atoms with Crippen LogP contribution in [0.3, 0.4) is 0 Å². The van der Waals surface area contributed by atoms with Crippen LogP contribution in [-0.4, -0.2) is 28.9 Å². The van der Waals surface area contributed by atoms with Crippen LogP contribution < -0.4 is 4.18 Å². The molecule has 0 saturated heterocycles. The van der Waals surface area contributed by atoms with Crippen LogP contribution in [0.15, 0.2) is 18.3 Å². The van der Waals surface area contributed by atoms with Crippen molar-refractivity contribution in [1.29, 1.82) is 0 Å². The first-order chi connectivity index (χ1) is 12.0. The van der Waals surface area contributed by atoms with E-state index in [1.54, 1.807) is 32.9 Å². The van der Waals surface area contributed by atoms with Gasteiger partial charge in [0, 0.05) is 11.1 Å². The number of aryl methyl sites for hydroxylation is 3. The van der Waals surface area contributed by atoms with Gasteiger partial charge in [0.05, 0.1) is 5.39 Å². The molecule has 0 radical (unpaired) electrons. The predicted octanol–water partition coefficient (Wildman–Crippen LogP) is 3.91. The van der Waals surface area contributed by atoms with E-state index in [-0.39, 0.29) is 11.2 Å². The Morgan fingerprint density at radius 3 is 2.46 bits per heavy atom. The monoisotopic (exact) mass is 403 g/mol. The maximum Gasteiger partial charge on any atom is 0.534 e. The molecule has 6 nitrogen and oxygen atoms in total. The van der Waals surface area contributed by atoms with Gasteiger partial charge in [-0.05, 0) is 44.0 Å². The van der Waals surface area contributed by atoms with E-state index in [0.717, 1.165) is 10.4 Å². The van der Waals surface area contributed by atoms with Crippen molar-refractivity contribution in [3.05, 3.63) is 34.3 Å². The molecule has 3 aromatic rings. The molecule has 11 heteroatoms. The highest BCUT2D eigenvalue weighted by Crippen LogP contribution is 2.38. The number of alkyl halides is 3. The maximum atomic E-state index is 12.7. The van der Waals surface area contributed by atoms with E-state index in [1.165, 1.54) is 17.5 Å². The smallest absolute Gasteiger partial charge is 0.354 e. The zero-order chi connectivity index (χ0) is 19.3. The van der Waals surface area contributed by atoms with Gasteiger partial charge in [0.15, 0.2) is 5.82 Å². The molecule has 3 aromatic heterocycles. The van der Waals surface area contributed by atoms with Crippen LogP contribution >= 0.6 is 11.3 Å². The van der Waals surface area contributed by atoms with Crippen LogP contribution in [0.5, 0.6) is 5.88 Å². The average Bonchev–Trinajstić information content (AvgIpc) is 2.80. The zero-order valence-electron chi connectivity index (χ0n) is 13.7. The second-order valence-corrected chi connectivity index (χ2v) is 8.26. The summed E-state index contributed by atoms with van der Waals surface area (Å²) in [6.07, 6.45) is 1.50. The summed E-state index contributed by atoms with van der Waals surface area (Å²) >= 11 is 1.20. The molecule has 3 heterocycles. The summed E-state index contributed by atoms with van der Waals surface area (Å²) in [5.74, 6) is -0.678. The largest absolute Gasteiger partial charge is 0.534 e. The Hall–Kier alpha value is -2.27. The van der Waals surface area contributed by atoms with E-state index in [9.17, 15) is 21.6 Å². The van der Waals surface area contributed by atoms with Gasteiger partial charge in [-0.3, -0.25) is 4.98 Å². The zero-order valence-corrected chi connectivity index (χ0v) is 15.4. The van der Waals surface area contributed by atoms with Crippen molar-refractivity contribution in [1.82, 2.24) is 15.0 Å². The Kier molecular flexibility index (Phi) is 4.39. The highest BCUT2D eigenvalue weighted by molar-refractivity contribution is 7.88. The van der Waals surface area contributed by atoms with Gasteiger partial charge in [-0.15, -0.1) is 11.3 Å². The minimum absolute atomic E-state index is 0.0187. The number of fused-ring (bicyclic) bond motifs is 1. The fraction of sp³-hybridized carbons (Fsp3) is 0.267. The first kappa shape index (κ1) is 18.5. The highest BCUT2D eigenvalue weighted by Gasteiger charge is 2.49. The van der Waals surface area contributed by atoms with Crippen LogP contribution in [0.4, 0.5) is 13.2 Å². The van der Waals surface area contributed by atoms with Crippen molar-refractivity contribution < 1.29 is 25.8 Å². The van der Waals surface area contributed by atoms with Gasteiger partial charge >= 0.3 is 15.6 Å². The first-order valence-electron chi connectivity index (χ1n) is 7.21. The third-order valence-corrected chi connectivity index (χ3v) is 5.66. The Labute approximate surface area is 150 Å². The van der Waals surface area contributed by atoms with Gasteiger partial charge in [0.1, 0.15) is 10.5 Å². The molecule has 26 heavy (non-hydrogen) atoms. The number of thiophene rings is 1. The number of hydrogen-bond acceptors (Lipinski definition) is 7. The predicted molar refractivity (Wildman–Crippen MR) is 90.5 cm³/mol. The lowest BCUT2D eigenvalue weighted by atomic mass is 10.2. The highest BCUT2D eigenvalue weighted by atomic mass is 32.2. The summed E-state index contributed by atoms with van der Waals surface area (Å²) in [6, 6.07) is 3.36. The summed E-state index contributed by atoms with van der Waals surface area (Å²) in [6.45, 7) is 5.18. The molecule has 0 bridgehead atoms. The third kappa shape index (κ3) is 3.23. The molecule has 0 amide bonds. The fourth-order valence-corrected chi connectivity index (χ4v) is 3.64. The molecule has 0 unspecified atom stereocenters. The quantitative estimate of drug-likeness (QED) is 0.487. The van der Waals surface area contributed by atoms with Crippen LogP contribution in [0.2, 0.25) is 0 Å². The van der Waals surface area contributed by atoms with E-state index < -0.39 is 21.5 Å². The van der Waals surface area contributed by atoms with Crippen LogP contribution in [0.1, 0.15) is 16.0 Å². The summed E-state index contributed by atoms with van der Waals surface area (Å²) in [7, 11) is -5.86. The van der Waals surface area contributed by atoms with Gasteiger partial charge in [-0.2, -0.15) is 26.6 Å². The van der Waals surface area contributed by atoms with Crippen molar-refractivity contribution in [3.63, 3.8) is 0 Å². The molecule has 0 aliphatic heterocycles. The standard InChI is InChI=1S/C15H12F3N3O3S2/c1-7-4-5-19-10(6-7)12-20-13(24-26(22,23)15(16,17)18)11-8(2)9(3)25-14(11)21-12/h4-6H,1-3H3. The minimum atomic E-state index is -5.86. The number of halogens is 3. The molecule has 0 aromatic carbocycles. The molecule has 0 aliphatic rings. The normalized spacial score (nSPS) is 12.5. The van der Waals surface area contributed by atoms with Crippen molar-refractivity contribution in [2.75, 3.05) is 0 Å². The lowest BCUT2D eigenvalue weighted by molar-refractivity contribution is -0.0500. The molecule has 0 atom stereocenters. The molecular weight excluding hydrogens is 391 g/mol. The second-order valence-electron chi connectivity index (χ2n) is 5.52. The molecule has 0 saturated carbocycles. The minimum Gasteiger partial charge on any atom is -0.354 e. The van der Waals surface area contributed by atoms with Crippen molar-refractivity contribution in [2.24, 2.45) is 0 Å². The number of pyridine rings is 1. The maximum absolute atomic E-state index is 12.7. The Bertz CT molecular complexity index is 1110. The lowest BCUT2D eigenvalue weighted by Crippen LogP contribution is -2.28. The van der Waals surface area contributed by atoms with Crippen LogP contribution in [0, 0.1) is 20.8 Å². The average molecular weight is 403 g/mol. The van der Waals surface area contributed by atoms with Gasteiger partial charge in [0.25, 0.3) is 0 Å². The summed E-state index contributed by atoms with van der Waals surface area (Å²) < 4.78 is 65.5. The van der Waals surface area contributed by atoms with E-state index >= 15 is 0 Å². The summed E-state index contributed by atoms with van der Waals surface area (Å²) in [4.78, 5) is 13.4. The molecule has 0 fully saturated rings. The molecule has 0 spiro atoms. The number of rotatable bonds is 3. The molecular formula is C15H12F3N3O3S2. The Morgan fingerprint density at radius 1 is 1.15 bits per heavy atom.